The van der Waals surface area contributed by atoms with Crippen molar-refractivity contribution in [3.05, 3.63) is 47.7 Å². The van der Waals surface area contributed by atoms with Crippen molar-refractivity contribution < 1.29 is 9.90 Å². The van der Waals surface area contributed by atoms with Gasteiger partial charge in [-0.2, -0.15) is 0 Å². The third-order valence-corrected chi connectivity index (χ3v) is 2.73. The van der Waals surface area contributed by atoms with Crippen molar-refractivity contribution >= 4 is 29.1 Å². The first-order valence-corrected chi connectivity index (χ1v) is 4.99. The van der Waals surface area contributed by atoms with Crippen LogP contribution in [0.5, 0.6) is 0 Å². The van der Waals surface area contributed by atoms with Crippen LogP contribution in [0.3, 0.4) is 0 Å². The minimum atomic E-state index is -0.909. The molecule has 0 spiro atoms. The molecule has 0 unspecified atom stereocenters. The molecule has 3 nitrogen and oxygen atoms in total. The highest BCUT2D eigenvalue weighted by molar-refractivity contribution is 5.99. The molecule has 0 amide bonds. The van der Waals surface area contributed by atoms with Gasteiger partial charge in [0.25, 0.3) is 0 Å². The maximum atomic E-state index is 11.1. The van der Waals surface area contributed by atoms with Gasteiger partial charge in [0.2, 0.25) is 0 Å². The molecule has 3 rings (SSSR count). The minimum Gasteiger partial charge on any atom is -0.477 e. The van der Waals surface area contributed by atoms with Crippen LogP contribution < -0.4 is 0 Å². The summed E-state index contributed by atoms with van der Waals surface area (Å²) in [6.45, 7) is 0. The number of allylic oxidation sites excluding steroid dienone is 2. The molecule has 78 valence electrons. The van der Waals surface area contributed by atoms with Gasteiger partial charge in [-0.05, 0) is 17.7 Å². The second kappa shape index (κ2) is 3.10. The van der Waals surface area contributed by atoms with E-state index in [2.05, 4.69) is 0 Å². The first kappa shape index (κ1) is 8.97. The van der Waals surface area contributed by atoms with E-state index >= 15 is 0 Å². The predicted octanol–water partition coefficient (Wildman–Crippen LogP) is 2.84. The number of nitrogens with zero attached hydrogens (tertiary/aromatic N) is 1. The molecule has 2 heterocycles. The summed E-state index contributed by atoms with van der Waals surface area (Å²) in [7, 11) is 0. The van der Waals surface area contributed by atoms with Crippen molar-refractivity contribution in [1.29, 1.82) is 0 Å². The van der Waals surface area contributed by atoms with Crippen LogP contribution in [0.25, 0.3) is 23.2 Å². The van der Waals surface area contributed by atoms with E-state index in [4.69, 9.17) is 5.11 Å². The number of aromatic nitrogens is 1. The molecule has 1 N–H and O–H groups in total. The molecule has 3 heteroatoms. The van der Waals surface area contributed by atoms with Crippen molar-refractivity contribution in [1.82, 2.24) is 4.57 Å². The van der Waals surface area contributed by atoms with Crippen LogP contribution in [0.2, 0.25) is 0 Å². The van der Waals surface area contributed by atoms with Gasteiger partial charge in [0.15, 0.2) is 0 Å². The van der Waals surface area contributed by atoms with Gasteiger partial charge in [-0.1, -0.05) is 30.4 Å². The van der Waals surface area contributed by atoms with E-state index in [0.29, 0.717) is 5.69 Å². The summed E-state index contributed by atoms with van der Waals surface area (Å²) < 4.78 is 1.72. The normalized spacial score (nSPS) is 13.0. The molecule has 0 radical (unpaired) electrons. The fourth-order valence-corrected chi connectivity index (χ4v) is 2.06. The summed E-state index contributed by atoms with van der Waals surface area (Å²) in [5, 5.41) is 10.1. The molecule has 1 aromatic carbocycles. The molecule has 0 aliphatic carbocycles. The van der Waals surface area contributed by atoms with Crippen LogP contribution in [0.4, 0.5) is 0 Å². The maximum Gasteiger partial charge on any atom is 0.352 e. The molecule has 1 aliphatic heterocycles. The van der Waals surface area contributed by atoms with Crippen molar-refractivity contribution in [2.75, 3.05) is 0 Å². The van der Waals surface area contributed by atoms with E-state index in [1.807, 2.05) is 36.4 Å². The molecule has 0 fully saturated rings. The topological polar surface area (TPSA) is 42.2 Å². The van der Waals surface area contributed by atoms with E-state index < -0.39 is 5.97 Å². The number of rotatable bonds is 1. The highest BCUT2D eigenvalue weighted by Gasteiger charge is 2.15. The minimum absolute atomic E-state index is 0.294. The summed E-state index contributed by atoms with van der Waals surface area (Å²) in [5.74, 6) is -0.909. The zero-order valence-corrected chi connectivity index (χ0v) is 8.42. The van der Waals surface area contributed by atoms with Gasteiger partial charge in [-0.3, -0.25) is 0 Å². The average molecular weight is 211 g/mol. The number of para-hydroxylation sites is 1. The lowest BCUT2D eigenvalue weighted by atomic mass is 10.1. The lowest BCUT2D eigenvalue weighted by molar-refractivity contribution is 0.0689. The Morgan fingerprint density at radius 3 is 2.94 bits per heavy atom. The van der Waals surface area contributed by atoms with E-state index in [1.54, 1.807) is 16.8 Å². The van der Waals surface area contributed by atoms with Crippen LogP contribution in [-0.2, 0) is 0 Å². The molecule has 0 saturated carbocycles. The largest absolute Gasteiger partial charge is 0.477 e. The van der Waals surface area contributed by atoms with Gasteiger partial charge < -0.3 is 9.67 Å². The van der Waals surface area contributed by atoms with Gasteiger partial charge in [0.05, 0.1) is 5.52 Å². The quantitative estimate of drug-likeness (QED) is 0.788. The molecule has 1 aromatic heterocycles. The van der Waals surface area contributed by atoms with Crippen LogP contribution in [0.15, 0.2) is 36.4 Å². The fourth-order valence-electron chi connectivity index (χ4n) is 2.06. The summed E-state index contributed by atoms with van der Waals surface area (Å²) in [6, 6.07) is 7.54. The molecular formula is C13H9NO2. The van der Waals surface area contributed by atoms with Crippen LogP contribution >= 0.6 is 0 Å². The molecule has 0 bridgehead atoms. The lowest BCUT2D eigenvalue weighted by Gasteiger charge is -2.02. The standard InChI is InChI=1S/C13H9NO2/c15-13(16)11-8-10-6-3-5-9-4-1-2-7-14(11)12(9)10/h1-8H,(H,15,16). The van der Waals surface area contributed by atoms with Gasteiger partial charge >= 0.3 is 5.97 Å². The molecule has 0 saturated heterocycles. The fraction of sp³-hybridized carbons (Fsp3) is 0. The number of hydrogen-bond donors (Lipinski definition) is 1. The Balaban J connectivity index is 2.50. The molecule has 16 heavy (non-hydrogen) atoms. The van der Waals surface area contributed by atoms with E-state index in [-0.39, 0.29) is 0 Å². The average Bonchev–Trinajstić information content (AvgIpc) is 2.50. The smallest absolute Gasteiger partial charge is 0.352 e. The second-order valence-corrected chi connectivity index (χ2v) is 3.69. The van der Waals surface area contributed by atoms with Gasteiger partial charge in [0, 0.05) is 11.6 Å². The van der Waals surface area contributed by atoms with Crippen molar-refractivity contribution in [2.45, 2.75) is 0 Å². The summed E-state index contributed by atoms with van der Waals surface area (Å²) in [6.07, 6.45) is 7.51. The van der Waals surface area contributed by atoms with Crippen LogP contribution in [-0.4, -0.2) is 15.6 Å². The van der Waals surface area contributed by atoms with Crippen LogP contribution in [0.1, 0.15) is 16.1 Å². The second-order valence-electron chi connectivity index (χ2n) is 3.69. The zero-order valence-electron chi connectivity index (χ0n) is 8.42. The first-order chi connectivity index (χ1) is 7.77. The highest BCUT2D eigenvalue weighted by Crippen LogP contribution is 2.26. The Hall–Kier alpha value is -2.29. The number of benzene rings is 1. The summed E-state index contributed by atoms with van der Waals surface area (Å²) >= 11 is 0. The number of aromatic carboxylic acids is 1. The van der Waals surface area contributed by atoms with E-state index in [1.165, 1.54) is 0 Å². The molecular weight excluding hydrogens is 202 g/mol. The molecule has 0 atom stereocenters. The SMILES string of the molecule is O=C(O)c1cc2cccc3c2n1C=CC=C3. The van der Waals surface area contributed by atoms with Crippen molar-refractivity contribution in [2.24, 2.45) is 0 Å². The van der Waals surface area contributed by atoms with Crippen molar-refractivity contribution in [3.63, 3.8) is 0 Å². The van der Waals surface area contributed by atoms with Gasteiger partial charge in [-0.15, -0.1) is 0 Å². The monoisotopic (exact) mass is 211 g/mol. The first-order valence-electron chi connectivity index (χ1n) is 4.99. The lowest BCUT2D eigenvalue weighted by Crippen LogP contribution is -2.02. The van der Waals surface area contributed by atoms with Crippen molar-refractivity contribution in [3.8, 4) is 0 Å². The third kappa shape index (κ3) is 1.11. The Morgan fingerprint density at radius 1 is 1.25 bits per heavy atom. The maximum absolute atomic E-state index is 11.1. The molecule has 1 aliphatic rings. The summed E-state index contributed by atoms with van der Waals surface area (Å²) in [4.78, 5) is 11.1. The number of carbonyl (C=O) groups is 1. The summed E-state index contributed by atoms with van der Waals surface area (Å²) in [5.41, 5.74) is 2.28. The molecule has 2 aromatic rings. The Morgan fingerprint density at radius 2 is 2.12 bits per heavy atom. The third-order valence-electron chi connectivity index (χ3n) is 2.73. The number of hydrogen-bond acceptors (Lipinski definition) is 1. The van der Waals surface area contributed by atoms with Crippen LogP contribution in [0, 0.1) is 0 Å². The Kier molecular flexibility index (Phi) is 1.74. The number of carboxylic acids is 1. The van der Waals surface area contributed by atoms with Gasteiger partial charge in [0.1, 0.15) is 5.69 Å². The highest BCUT2D eigenvalue weighted by atomic mass is 16.4. The Bertz CT molecular complexity index is 647. The van der Waals surface area contributed by atoms with E-state index in [0.717, 1.165) is 16.5 Å². The Labute approximate surface area is 91.9 Å². The number of carboxylic acid groups (broad SMARTS) is 1. The van der Waals surface area contributed by atoms with Gasteiger partial charge in [-0.25, -0.2) is 4.79 Å². The predicted molar refractivity (Wildman–Crippen MR) is 63.3 cm³/mol. The van der Waals surface area contributed by atoms with E-state index in [9.17, 15) is 4.79 Å². The zero-order chi connectivity index (χ0) is 11.1.